The molecule has 3 aliphatic heterocycles. The van der Waals surface area contributed by atoms with E-state index in [0.717, 1.165) is 9.13 Å². The van der Waals surface area contributed by atoms with E-state index in [0.29, 0.717) is 0 Å². The summed E-state index contributed by atoms with van der Waals surface area (Å²) >= 11 is 0. The van der Waals surface area contributed by atoms with Crippen molar-refractivity contribution in [2.45, 2.75) is 82.2 Å². The number of rotatable bonds is 15. The Morgan fingerprint density at radius 3 is 1.90 bits per heavy atom. The van der Waals surface area contributed by atoms with Crippen molar-refractivity contribution in [3.05, 3.63) is 65.2 Å². The van der Waals surface area contributed by atoms with E-state index in [1.807, 2.05) is 0 Å². The van der Waals surface area contributed by atoms with Gasteiger partial charge in [0.25, 0.3) is 11.1 Å². The van der Waals surface area contributed by atoms with Crippen LogP contribution < -0.4 is 22.5 Å². The molecule has 0 aliphatic carbocycles. The van der Waals surface area contributed by atoms with Crippen LogP contribution in [0.4, 0.5) is 0 Å². The molecule has 284 valence electrons. The van der Waals surface area contributed by atoms with Gasteiger partial charge in [-0.05, 0) is 13.8 Å². The molecule has 0 aromatic carbocycles. The van der Waals surface area contributed by atoms with Gasteiger partial charge in [-0.25, -0.2) is 18.7 Å². The third kappa shape index (κ3) is 10.1. The average molecular weight is 789 g/mol. The molecule has 51 heavy (non-hydrogen) atoms. The van der Waals surface area contributed by atoms with Gasteiger partial charge < -0.3 is 29.1 Å². The lowest BCUT2D eigenvalue weighted by atomic mass is 10.2. The number of phosphoric ester groups is 2. The molecule has 0 bridgehead atoms. The highest BCUT2D eigenvalue weighted by Crippen LogP contribution is 2.51. The zero-order valence-corrected chi connectivity index (χ0v) is 29.6. The summed E-state index contributed by atoms with van der Waals surface area (Å²) in [5, 5.41) is 10.5. The number of hydrogen-bond acceptors (Lipinski definition) is 16. The first-order valence-corrected chi connectivity index (χ1v) is 19.4. The third-order valence-corrected chi connectivity index (χ3v) is 10.5. The second kappa shape index (κ2) is 16.2. The maximum Gasteiger partial charge on any atom is 0.694 e. The molecule has 2 aromatic heterocycles. The zero-order valence-electron chi connectivity index (χ0n) is 26.9. The Hall–Kier alpha value is -2.56. The van der Waals surface area contributed by atoms with E-state index in [1.165, 1.54) is 26.2 Å². The Bertz CT molecular complexity index is 1930. The Morgan fingerprint density at radius 1 is 0.824 bits per heavy atom. The Morgan fingerprint density at radius 2 is 1.33 bits per heavy atom. The first-order chi connectivity index (χ1) is 23.9. The van der Waals surface area contributed by atoms with Gasteiger partial charge >= 0.3 is 35.3 Å². The van der Waals surface area contributed by atoms with Crippen molar-refractivity contribution < 1.29 is 70.3 Å². The lowest BCUT2D eigenvalue weighted by Gasteiger charge is -2.24. The molecule has 5 heterocycles. The van der Waals surface area contributed by atoms with Crippen LogP contribution in [0.25, 0.3) is 0 Å². The topological polar surface area (TPSA) is 316 Å². The van der Waals surface area contributed by atoms with Gasteiger partial charge in [0.1, 0.15) is 49.6 Å². The molecule has 23 nitrogen and oxygen atoms in total. The summed E-state index contributed by atoms with van der Waals surface area (Å²) in [5.41, 5.74) is -2.65. The molecule has 3 saturated heterocycles. The smallest absolute Gasteiger partial charge is 0.390 e. The SMILES string of the molecule is Cc1cn([C@H]2C[C@H](OP(=O)(O)OC[C@H]3O[C@@H](n4cc(C)c(=O)[nH]c4=O)C[C@@H]3O)[C@@H](COP(=O)(O)O[C@H]3CCO[C@@H]3CO[P+](=O)O)O2)c(=O)[nH]c1=O. The normalized spacial score (nSPS) is 30.7. The number of nitrogens with one attached hydrogen (secondary N) is 2. The Kier molecular flexibility index (Phi) is 12.6. The lowest BCUT2D eigenvalue weighted by molar-refractivity contribution is -0.0593. The van der Waals surface area contributed by atoms with Crippen LogP contribution in [-0.4, -0.2) is 102 Å². The first kappa shape index (κ1) is 39.6. The summed E-state index contributed by atoms with van der Waals surface area (Å²) in [6.07, 6.45) is -7.66. The number of ether oxygens (including phenoxy) is 3. The van der Waals surface area contributed by atoms with Gasteiger partial charge in [0.05, 0.1) is 19.3 Å². The standard InChI is InChI=1S/C25H35N4O19P3/c1-12-7-28(24(33)26-22(12)31)20-5-14(30)17(45-20)10-43-51(39,40)48-16-6-21(29-8-13(2)23(32)27-25(29)34)46-19(16)11-44-50(37,38)47-15-3-4-41-18(15)9-42-49(35)36/h7-8,14-21,30H,3-6,9-11H2,1-2H3,(H4-,26,27,31,32,33,34,35,36,37,38,39,40)/p+1/t14-,15-,16-,17+,18+,19+,20+,21+/m0/s1. The molecule has 0 saturated carbocycles. The van der Waals surface area contributed by atoms with Gasteiger partial charge in [-0.1, -0.05) is 0 Å². The molecule has 11 atom stereocenters. The minimum absolute atomic E-state index is 0.0816. The van der Waals surface area contributed by atoms with E-state index in [2.05, 4.69) is 14.5 Å². The fourth-order valence-corrected chi connectivity index (χ4v) is 7.76. The van der Waals surface area contributed by atoms with Gasteiger partial charge in [-0.3, -0.25) is 46.8 Å². The largest absolute Gasteiger partial charge is 0.694 e. The van der Waals surface area contributed by atoms with E-state index in [9.17, 15) is 47.8 Å². The number of aromatic nitrogens is 4. The van der Waals surface area contributed by atoms with Gasteiger partial charge in [-0.15, -0.1) is 9.42 Å². The predicted octanol–water partition coefficient (Wildman–Crippen LogP) is -0.901. The molecule has 0 amide bonds. The summed E-state index contributed by atoms with van der Waals surface area (Å²) in [6, 6.07) is 0. The summed E-state index contributed by atoms with van der Waals surface area (Å²) < 4.78 is 81.0. The van der Waals surface area contributed by atoms with E-state index in [1.54, 1.807) is 0 Å². The summed E-state index contributed by atoms with van der Waals surface area (Å²) in [7, 11) is -13.0. The third-order valence-electron chi connectivity index (χ3n) is 8.14. The molecular weight excluding hydrogens is 753 g/mol. The van der Waals surface area contributed by atoms with Crippen molar-refractivity contribution >= 4 is 23.9 Å². The number of aromatic amines is 2. The van der Waals surface area contributed by atoms with E-state index < -0.39 is 115 Å². The molecule has 5 rings (SSSR count). The number of aliphatic hydroxyl groups is 1. The second-order valence-electron chi connectivity index (χ2n) is 11.8. The van der Waals surface area contributed by atoms with E-state index in [-0.39, 0.29) is 37.0 Å². The van der Waals surface area contributed by atoms with Gasteiger partial charge in [0, 0.05) is 54.0 Å². The minimum Gasteiger partial charge on any atom is -0.390 e. The number of aliphatic hydroxyl groups excluding tert-OH is 1. The van der Waals surface area contributed by atoms with Crippen molar-refractivity contribution in [2.75, 3.05) is 26.4 Å². The summed E-state index contributed by atoms with van der Waals surface area (Å²) in [4.78, 5) is 82.6. The maximum atomic E-state index is 13.1. The molecule has 0 radical (unpaired) electrons. The van der Waals surface area contributed by atoms with Crippen LogP contribution in [-0.2, 0) is 50.5 Å². The summed E-state index contributed by atoms with van der Waals surface area (Å²) in [5.74, 6) is 0. The number of phosphoric acid groups is 2. The highest BCUT2D eigenvalue weighted by Gasteiger charge is 2.45. The molecule has 26 heteroatoms. The molecule has 3 aliphatic rings. The highest BCUT2D eigenvalue weighted by atomic mass is 31.2. The van der Waals surface area contributed by atoms with E-state index >= 15 is 0 Å². The quantitative estimate of drug-likeness (QED) is 0.119. The predicted molar refractivity (Wildman–Crippen MR) is 167 cm³/mol. The van der Waals surface area contributed by atoms with Gasteiger partial charge in [0.15, 0.2) is 0 Å². The number of aryl methyl sites for hydroxylation is 2. The molecule has 6 N–H and O–H groups in total. The molecule has 0 spiro atoms. The average Bonchev–Trinajstić information content (AvgIpc) is 3.75. The minimum atomic E-state index is -5.06. The monoisotopic (exact) mass is 789 g/mol. The molecular formula is C25H36N4O19P3+. The van der Waals surface area contributed by atoms with E-state index in [4.69, 9.17) is 37.2 Å². The van der Waals surface area contributed by atoms with Gasteiger partial charge in [0.2, 0.25) is 0 Å². The van der Waals surface area contributed by atoms with Crippen molar-refractivity contribution in [2.24, 2.45) is 0 Å². The second-order valence-corrected chi connectivity index (χ2v) is 15.3. The van der Waals surface area contributed by atoms with Crippen LogP contribution >= 0.6 is 23.9 Å². The number of nitrogens with zero attached hydrogens (tertiary/aromatic N) is 2. The lowest BCUT2D eigenvalue weighted by Crippen LogP contribution is -2.33. The maximum absolute atomic E-state index is 13.1. The van der Waals surface area contributed by atoms with Crippen molar-refractivity contribution in [3.8, 4) is 0 Å². The number of hydrogen-bond donors (Lipinski definition) is 6. The van der Waals surface area contributed by atoms with Crippen LogP contribution in [0.15, 0.2) is 31.6 Å². The van der Waals surface area contributed by atoms with Crippen molar-refractivity contribution in [1.29, 1.82) is 0 Å². The first-order valence-electron chi connectivity index (χ1n) is 15.3. The fraction of sp³-hybridized carbons (Fsp3) is 0.680. The zero-order chi connectivity index (χ0) is 37.2. The fourth-order valence-electron chi connectivity index (χ4n) is 5.55. The molecule has 3 fully saturated rings. The molecule has 3 unspecified atom stereocenters. The van der Waals surface area contributed by atoms with Crippen LogP contribution in [0, 0.1) is 13.8 Å². The van der Waals surface area contributed by atoms with Crippen LogP contribution in [0.2, 0.25) is 0 Å². The molecule has 2 aromatic rings. The van der Waals surface area contributed by atoms with Crippen LogP contribution in [0.5, 0.6) is 0 Å². The van der Waals surface area contributed by atoms with Gasteiger partial charge in [-0.2, -0.15) is 0 Å². The van der Waals surface area contributed by atoms with Crippen molar-refractivity contribution in [1.82, 2.24) is 19.1 Å². The van der Waals surface area contributed by atoms with Crippen molar-refractivity contribution in [3.63, 3.8) is 0 Å². The Labute approximate surface area is 287 Å². The number of H-pyrrole nitrogens is 2. The highest BCUT2D eigenvalue weighted by molar-refractivity contribution is 7.47. The van der Waals surface area contributed by atoms with Crippen LogP contribution in [0.3, 0.4) is 0 Å². The summed E-state index contributed by atoms with van der Waals surface area (Å²) in [6.45, 7) is 1.01. The van der Waals surface area contributed by atoms with Crippen LogP contribution in [0.1, 0.15) is 42.8 Å². The Balaban J connectivity index is 1.25.